The summed E-state index contributed by atoms with van der Waals surface area (Å²) in [6, 6.07) is 0. The average Bonchev–Trinajstić information content (AvgIpc) is 2.52. The molecule has 0 aromatic rings. The fraction of sp³-hybridized carbons (Fsp3) is 0.920. The molecule has 0 amide bonds. The van der Waals surface area contributed by atoms with Crippen molar-refractivity contribution in [1.82, 2.24) is 0 Å². The van der Waals surface area contributed by atoms with E-state index < -0.39 is 5.60 Å². The Hall–Kier alpha value is -0.340. The fourth-order valence-corrected chi connectivity index (χ4v) is 8.35. The quantitative estimate of drug-likeness (QED) is 0.581. The van der Waals surface area contributed by atoms with Crippen LogP contribution >= 0.6 is 0 Å². The largest absolute Gasteiger partial charge is 0.392 e. The number of hydrogen-bond donors (Lipinski definition) is 2. The fourth-order valence-electron chi connectivity index (χ4n) is 8.35. The molecule has 0 aliphatic heterocycles. The van der Waals surface area contributed by atoms with Crippen molar-refractivity contribution in [2.45, 2.75) is 105 Å². The van der Waals surface area contributed by atoms with Gasteiger partial charge in [0.1, 0.15) is 0 Å². The first-order valence-corrected chi connectivity index (χ1v) is 11.5. The van der Waals surface area contributed by atoms with E-state index in [9.17, 15) is 10.2 Å². The van der Waals surface area contributed by atoms with Crippen LogP contribution in [0.5, 0.6) is 0 Å². The Morgan fingerprint density at radius 3 is 2.26 bits per heavy atom. The summed E-state index contributed by atoms with van der Waals surface area (Å²) in [6.45, 7) is 14.5. The smallest absolute Gasteiger partial charge is 0.0653 e. The lowest BCUT2D eigenvalue weighted by Crippen LogP contribution is -2.62. The monoisotopic (exact) mass is 376 g/mol. The third-order valence-corrected chi connectivity index (χ3v) is 9.59. The molecule has 0 unspecified atom stereocenters. The summed E-state index contributed by atoms with van der Waals surface area (Å²) in [5.41, 5.74) is 1.83. The molecule has 3 rings (SSSR count). The lowest BCUT2D eigenvalue weighted by Gasteiger charge is -2.67. The van der Waals surface area contributed by atoms with E-state index in [0.717, 1.165) is 31.1 Å². The Labute approximate surface area is 167 Å². The van der Waals surface area contributed by atoms with Gasteiger partial charge >= 0.3 is 0 Å². The van der Waals surface area contributed by atoms with Crippen LogP contribution in [0.3, 0.4) is 0 Å². The first kappa shape index (κ1) is 21.4. The Balaban J connectivity index is 1.91. The van der Waals surface area contributed by atoms with Crippen molar-refractivity contribution in [2.75, 3.05) is 6.61 Å². The molecule has 3 saturated carbocycles. The SMILES string of the molecule is C/C(=C/CO)CC[C@H]1[C@]2(C)CC[C@H]3C(C)(C)CCC[C@]3(C)[C@@H]2CC[C@]1(C)O. The van der Waals surface area contributed by atoms with E-state index in [2.05, 4.69) is 41.5 Å². The molecule has 3 aliphatic rings. The number of fused-ring (bicyclic) bond motifs is 3. The third kappa shape index (κ3) is 3.54. The van der Waals surface area contributed by atoms with Crippen LogP contribution in [0.15, 0.2) is 11.6 Å². The van der Waals surface area contributed by atoms with Gasteiger partial charge in [0.05, 0.1) is 12.2 Å². The zero-order chi connectivity index (χ0) is 20.1. The minimum Gasteiger partial charge on any atom is -0.392 e. The molecule has 0 aromatic heterocycles. The molecule has 0 saturated heterocycles. The van der Waals surface area contributed by atoms with Gasteiger partial charge in [-0.05, 0) is 99.2 Å². The molecule has 2 N–H and O–H groups in total. The minimum atomic E-state index is -0.557. The highest BCUT2D eigenvalue weighted by Crippen LogP contribution is 2.70. The van der Waals surface area contributed by atoms with E-state index in [1.807, 2.05) is 6.08 Å². The maximum Gasteiger partial charge on any atom is 0.0653 e. The van der Waals surface area contributed by atoms with Crippen molar-refractivity contribution < 1.29 is 10.2 Å². The van der Waals surface area contributed by atoms with Gasteiger partial charge in [-0.15, -0.1) is 0 Å². The molecule has 3 fully saturated rings. The van der Waals surface area contributed by atoms with Crippen molar-refractivity contribution in [1.29, 1.82) is 0 Å². The van der Waals surface area contributed by atoms with Gasteiger partial charge in [-0.2, -0.15) is 0 Å². The molecule has 0 bridgehead atoms. The standard InChI is InChI=1S/C25H44O2/c1-18(12-17-26)8-9-21-24(5)15-10-19-22(2,3)13-7-14-23(19,4)20(24)11-16-25(21,6)27/h12,19-21,26-27H,7-11,13-17H2,1-6H3/b18-12-/t19-,20-,21-,23-,24+,25-/m0/s1. The molecule has 3 aliphatic carbocycles. The van der Waals surface area contributed by atoms with Gasteiger partial charge in [-0.1, -0.05) is 45.8 Å². The highest BCUT2D eigenvalue weighted by atomic mass is 16.3. The van der Waals surface area contributed by atoms with E-state index in [4.69, 9.17) is 0 Å². The Morgan fingerprint density at radius 2 is 1.59 bits per heavy atom. The van der Waals surface area contributed by atoms with Crippen LogP contribution in [0.2, 0.25) is 0 Å². The first-order chi connectivity index (χ1) is 12.5. The van der Waals surface area contributed by atoms with Crippen molar-refractivity contribution in [2.24, 2.45) is 34.0 Å². The van der Waals surface area contributed by atoms with Gasteiger partial charge in [0.2, 0.25) is 0 Å². The van der Waals surface area contributed by atoms with E-state index in [0.29, 0.717) is 16.7 Å². The second kappa shape index (κ2) is 7.17. The summed E-state index contributed by atoms with van der Waals surface area (Å²) in [6.07, 6.45) is 12.8. The normalized spacial score (nSPS) is 47.3. The number of aliphatic hydroxyl groups excluding tert-OH is 1. The second-order valence-corrected chi connectivity index (χ2v) is 11.7. The minimum absolute atomic E-state index is 0.127. The molecule has 156 valence electrons. The van der Waals surface area contributed by atoms with Crippen molar-refractivity contribution in [3.63, 3.8) is 0 Å². The van der Waals surface area contributed by atoms with Crippen LogP contribution in [-0.2, 0) is 0 Å². The number of hydrogen-bond acceptors (Lipinski definition) is 2. The molecule has 0 radical (unpaired) electrons. The maximum absolute atomic E-state index is 11.4. The van der Waals surface area contributed by atoms with Gasteiger partial charge in [0, 0.05) is 0 Å². The lowest BCUT2D eigenvalue weighted by atomic mass is 9.38. The highest BCUT2D eigenvalue weighted by Gasteiger charge is 2.63. The van der Waals surface area contributed by atoms with Crippen LogP contribution < -0.4 is 0 Å². The molecule has 2 heteroatoms. The van der Waals surface area contributed by atoms with Crippen LogP contribution in [0.4, 0.5) is 0 Å². The summed E-state index contributed by atoms with van der Waals surface area (Å²) in [5.74, 6) is 1.92. The highest BCUT2D eigenvalue weighted by molar-refractivity contribution is 5.13. The summed E-state index contributed by atoms with van der Waals surface area (Å²) >= 11 is 0. The Morgan fingerprint density at radius 1 is 0.926 bits per heavy atom. The third-order valence-electron chi connectivity index (χ3n) is 9.59. The van der Waals surface area contributed by atoms with Crippen molar-refractivity contribution in [3.05, 3.63) is 11.6 Å². The number of aliphatic hydroxyl groups is 2. The molecule has 2 nitrogen and oxygen atoms in total. The van der Waals surface area contributed by atoms with Crippen molar-refractivity contribution in [3.8, 4) is 0 Å². The molecule has 0 heterocycles. The van der Waals surface area contributed by atoms with E-state index in [1.54, 1.807) is 0 Å². The van der Waals surface area contributed by atoms with Crippen LogP contribution in [0.25, 0.3) is 0 Å². The average molecular weight is 377 g/mol. The van der Waals surface area contributed by atoms with Gasteiger partial charge in [0.25, 0.3) is 0 Å². The van der Waals surface area contributed by atoms with Crippen LogP contribution in [0, 0.1) is 34.0 Å². The van der Waals surface area contributed by atoms with E-state index in [1.165, 1.54) is 44.1 Å². The molecular formula is C25H44O2. The predicted octanol–water partition coefficient (Wildman–Crippen LogP) is 6.12. The summed E-state index contributed by atoms with van der Waals surface area (Å²) < 4.78 is 0. The molecular weight excluding hydrogens is 332 g/mol. The van der Waals surface area contributed by atoms with Crippen molar-refractivity contribution >= 4 is 0 Å². The van der Waals surface area contributed by atoms with Crippen LogP contribution in [-0.4, -0.2) is 22.4 Å². The maximum atomic E-state index is 11.4. The summed E-state index contributed by atoms with van der Waals surface area (Å²) in [7, 11) is 0. The summed E-state index contributed by atoms with van der Waals surface area (Å²) in [4.78, 5) is 0. The molecule has 6 atom stereocenters. The van der Waals surface area contributed by atoms with Crippen LogP contribution in [0.1, 0.15) is 99.3 Å². The summed E-state index contributed by atoms with van der Waals surface area (Å²) in [5, 5.41) is 20.6. The zero-order valence-corrected chi connectivity index (χ0v) is 18.8. The van der Waals surface area contributed by atoms with Gasteiger partial charge in [0.15, 0.2) is 0 Å². The van der Waals surface area contributed by atoms with Gasteiger partial charge in [-0.25, -0.2) is 0 Å². The van der Waals surface area contributed by atoms with Gasteiger partial charge in [-0.3, -0.25) is 0 Å². The molecule has 27 heavy (non-hydrogen) atoms. The van der Waals surface area contributed by atoms with Gasteiger partial charge < -0.3 is 10.2 Å². The molecule has 0 aromatic carbocycles. The van der Waals surface area contributed by atoms with E-state index >= 15 is 0 Å². The zero-order valence-electron chi connectivity index (χ0n) is 18.8. The second-order valence-electron chi connectivity index (χ2n) is 11.7. The predicted molar refractivity (Wildman–Crippen MR) is 113 cm³/mol. The first-order valence-electron chi connectivity index (χ1n) is 11.5. The Bertz CT molecular complexity index is 575. The van der Waals surface area contributed by atoms with E-state index in [-0.39, 0.29) is 12.0 Å². The lowest BCUT2D eigenvalue weighted by molar-refractivity contribution is -0.211. The Kier molecular flexibility index (Phi) is 5.67. The molecule has 0 spiro atoms. The number of rotatable bonds is 4. The number of allylic oxidation sites excluding steroid dienone is 1. The topological polar surface area (TPSA) is 40.5 Å².